The van der Waals surface area contributed by atoms with E-state index in [0.717, 1.165) is 43.6 Å². The molecule has 4 heteroatoms. The highest BCUT2D eigenvalue weighted by Crippen LogP contribution is 2.38. The van der Waals surface area contributed by atoms with Crippen molar-refractivity contribution in [2.24, 2.45) is 0 Å². The summed E-state index contributed by atoms with van der Waals surface area (Å²) in [6.07, 6.45) is 4.74. The first-order valence-corrected chi connectivity index (χ1v) is 8.64. The summed E-state index contributed by atoms with van der Waals surface area (Å²) in [7, 11) is 3.31. The second-order valence-electron chi connectivity index (χ2n) is 6.44. The quantitative estimate of drug-likeness (QED) is 0.827. The smallest absolute Gasteiger partial charge is 0.160 e. The summed E-state index contributed by atoms with van der Waals surface area (Å²) < 4.78 is 16.9. The average Bonchev–Trinajstić information content (AvgIpc) is 2.54. The molecule has 0 bridgehead atoms. The van der Waals surface area contributed by atoms with E-state index in [4.69, 9.17) is 14.2 Å². The second kappa shape index (κ2) is 8.55. The first-order chi connectivity index (χ1) is 11.1. The molecule has 0 unspecified atom stereocenters. The molecule has 1 aromatic rings. The Hall–Kier alpha value is -1.26. The van der Waals surface area contributed by atoms with Crippen molar-refractivity contribution in [2.45, 2.75) is 70.2 Å². The van der Waals surface area contributed by atoms with Gasteiger partial charge in [0.05, 0.1) is 32.5 Å². The van der Waals surface area contributed by atoms with E-state index < -0.39 is 0 Å². The molecule has 2 rings (SSSR count). The van der Waals surface area contributed by atoms with Crippen molar-refractivity contribution in [2.75, 3.05) is 14.2 Å². The summed E-state index contributed by atoms with van der Waals surface area (Å²) in [4.78, 5) is 0. The number of hydrogen-bond acceptors (Lipinski definition) is 4. The molecule has 0 saturated carbocycles. The predicted octanol–water partition coefficient (Wildman–Crippen LogP) is 3.91. The summed E-state index contributed by atoms with van der Waals surface area (Å²) >= 11 is 0. The Morgan fingerprint density at radius 3 is 2.57 bits per heavy atom. The van der Waals surface area contributed by atoms with Crippen molar-refractivity contribution in [3.05, 3.63) is 23.8 Å². The lowest BCUT2D eigenvalue weighted by atomic mass is 9.85. The van der Waals surface area contributed by atoms with Gasteiger partial charge in [-0.3, -0.25) is 0 Å². The largest absolute Gasteiger partial charge is 0.493 e. The third-order valence-corrected chi connectivity index (χ3v) is 4.77. The molecule has 1 saturated heterocycles. The van der Waals surface area contributed by atoms with E-state index >= 15 is 0 Å². The number of aliphatic hydroxyl groups excluding tert-OH is 1. The monoisotopic (exact) mass is 322 g/mol. The van der Waals surface area contributed by atoms with Crippen LogP contribution in [0.15, 0.2) is 18.2 Å². The van der Waals surface area contributed by atoms with E-state index in [1.165, 1.54) is 5.56 Å². The van der Waals surface area contributed by atoms with Gasteiger partial charge in [0.15, 0.2) is 11.5 Å². The van der Waals surface area contributed by atoms with Crippen LogP contribution < -0.4 is 9.47 Å². The first kappa shape index (κ1) is 18.1. The Balaban J connectivity index is 2.00. The molecular weight excluding hydrogens is 292 g/mol. The standard InChI is InChI=1S/C19H30O4/c1-5-6-15(20)12-16-8-9-17(13(2)23-16)14-7-10-18(21-3)19(11-14)22-4/h7,10-11,13,15-17,20H,5-6,8-9,12H2,1-4H3/t13-,15-,16+,17+/m1/s1. The number of ether oxygens (including phenoxy) is 3. The fraction of sp³-hybridized carbons (Fsp3) is 0.684. The molecule has 0 spiro atoms. The zero-order chi connectivity index (χ0) is 16.8. The van der Waals surface area contributed by atoms with Crippen molar-refractivity contribution in [1.82, 2.24) is 0 Å². The minimum absolute atomic E-state index is 0.140. The SMILES string of the molecule is CCC[C@@H](O)C[C@@H]1CC[C@H](c2ccc(OC)c(OC)c2)[C@@H](C)O1. The van der Waals surface area contributed by atoms with Crippen LogP contribution in [-0.4, -0.2) is 37.6 Å². The van der Waals surface area contributed by atoms with Gasteiger partial charge in [0.2, 0.25) is 0 Å². The summed E-state index contributed by atoms with van der Waals surface area (Å²) in [6, 6.07) is 6.10. The predicted molar refractivity (Wildman–Crippen MR) is 91.4 cm³/mol. The van der Waals surface area contributed by atoms with Crippen LogP contribution in [-0.2, 0) is 4.74 Å². The fourth-order valence-electron chi connectivity index (χ4n) is 3.52. The Bertz CT molecular complexity index is 488. The molecule has 1 aliphatic heterocycles. The molecule has 1 aliphatic rings. The lowest BCUT2D eigenvalue weighted by Gasteiger charge is -2.36. The minimum atomic E-state index is -0.241. The summed E-state index contributed by atoms with van der Waals surface area (Å²) in [5.74, 6) is 1.87. The molecule has 0 amide bonds. The Morgan fingerprint density at radius 1 is 1.22 bits per heavy atom. The molecule has 1 aromatic carbocycles. The highest BCUT2D eigenvalue weighted by Gasteiger charge is 2.30. The Labute approximate surface area is 139 Å². The van der Waals surface area contributed by atoms with Crippen molar-refractivity contribution in [3.63, 3.8) is 0 Å². The third kappa shape index (κ3) is 4.61. The highest BCUT2D eigenvalue weighted by atomic mass is 16.5. The molecule has 4 atom stereocenters. The van der Waals surface area contributed by atoms with Gasteiger partial charge < -0.3 is 19.3 Å². The van der Waals surface area contributed by atoms with E-state index in [-0.39, 0.29) is 18.3 Å². The van der Waals surface area contributed by atoms with Crippen molar-refractivity contribution >= 4 is 0 Å². The Kier molecular flexibility index (Phi) is 6.72. The average molecular weight is 322 g/mol. The molecule has 0 radical (unpaired) electrons. The van der Waals surface area contributed by atoms with Crippen LogP contribution in [0, 0.1) is 0 Å². The molecule has 130 valence electrons. The first-order valence-electron chi connectivity index (χ1n) is 8.64. The van der Waals surface area contributed by atoms with E-state index in [1.807, 2.05) is 6.07 Å². The van der Waals surface area contributed by atoms with Gasteiger partial charge in [0.25, 0.3) is 0 Å². The van der Waals surface area contributed by atoms with Gasteiger partial charge in [-0.15, -0.1) is 0 Å². The van der Waals surface area contributed by atoms with Crippen LogP contribution in [0.4, 0.5) is 0 Å². The number of aliphatic hydroxyl groups is 1. The summed E-state index contributed by atoms with van der Waals surface area (Å²) in [6.45, 7) is 4.22. The van der Waals surface area contributed by atoms with Crippen molar-refractivity contribution in [3.8, 4) is 11.5 Å². The molecular formula is C19H30O4. The summed E-state index contributed by atoms with van der Waals surface area (Å²) in [5.41, 5.74) is 1.22. The zero-order valence-corrected chi connectivity index (χ0v) is 14.7. The zero-order valence-electron chi connectivity index (χ0n) is 14.7. The van der Waals surface area contributed by atoms with Crippen LogP contribution in [0.2, 0.25) is 0 Å². The van der Waals surface area contributed by atoms with Crippen molar-refractivity contribution < 1.29 is 19.3 Å². The van der Waals surface area contributed by atoms with Crippen molar-refractivity contribution in [1.29, 1.82) is 0 Å². The number of rotatable bonds is 7. The number of methoxy groups -OCH3 is 2. The lowest BCUT2D eigenvalue weighted by molar-refractivity contribution is -0.0720. The van der Waals surface area contributed by atoms with E-state index in [2.05, 4.69) is 26.0 Å². The van der Waals surface area contributed by atoms with Gasteiger partial charge in [0, 0.05) is 5.92 Å². The maximum atomic E-state index is 9.99. The van der Waals surface area contributed by atoms with Crippen LogP contribution in [0.3, 0.4) is 0 Å². The molecule has 0 aliphatic carbocycles. The topological polar surface area (TPSA) is 47.9 Å². The van der Waals surface area contributed by atoms with Gasteiger partial charge in [-0.1, -0.05) is 19.4 Å². The van der Waals surface area contributed by atoms with E-state index in [0.29, 0.717) is 5.92 Å². The summed E-state index contributed by atoms with van der Waals surface area (Å²) in [5, 5.41) is 9.99. The van der Waals surface area contributed by atoms with Crippen LogP contribution in [0.1, 0.15) is 57.4 Å². The van der Waals surface area contributed by atoms with Gasteiger partial charge in [0.1, 0.15) is 0 Å². The molecule has 23 heavy (non-hydrogen) atoms. The highest BCUT2D eigenvalue weighted by molar-refractivity contribution is 5.44. The third-order valence-electron chi connectivity index (χ3n) is 4.77. The van der Waals surface area contributed by atoms with Gasteiger partial charge >= 0.3 is 0 Å². The fourth-order valence-corrected chi connectivity index (χ4v) is 3.52. The molecule has 1 heterocycles. The second-order valence-corrected chi connectivity index (χ2v) is 6.44. The molecule has 4 nitrogen and oxygen atoms in total. The Morgan fingerprint density at radius 2 is 1.96 bits per heavy atom. The van der Waals surface area contributed by atoms with Crippen LogP contribution in [0.25, 0.3) is 0 Å². The minimum Gasteiger partial charge on any atom is -0.493 e. The van der Waals surface area contributed by atoms with E-state index in [1.54, 1.807) is 14.2 Å². The van der Waals surface area contributed by atoms with Gasteiger partial charge in [-0.25, -0.2) is 0 Å². The van der Waals surface area contributed by atoms with Gasteiger partial charge in [-0.05, 0) is 50.3 Å². The van der Waals surface area contributed by atoms with Gasteiger partial charge in [-0.2, -0.15) is 0 Å². The molecule has 0 aromatic heterocycles. The van der Waals surface area contributed by atoms with Crippen LogP contribution >= 0.6 is 0 Å². The molecule has 1 N–H and O–H groups in total. The maximum Gasteiger partial charge on any atom is 0.160 e. The maximum absolute atomic E-state index is 9.99. The van der Waals surface area contributed by atoms with Crippen LogP contribution in [0.5, 0.6) is 11.5 Å². The number of benzene rings is 1. The van der Waals surface area contributed by atoms with E-state index in [9.17, 15) is 5.11 Å². The lowest BCUT2D eigenvalue weighted by Crippen LogP contribution is -2.34. The normalized spacial score (nSPS) is 25.9. The molecule has 1 fully saturated rings. The number of hydrogen-bond donors (Lipinski definition) is 1.